The smallest absolute Gasteiger partial charge is 0.128 e. The Labute approximate surface area is 109 Å². The standard InChI is InChI=1S/C15H21N3/c1-11-2-5-15(16-6-11)18-9-12-7-17(14-3-4-14)8-13(12)10-18/h2,5-6,12-14H,3-4,7-10H2,1H3. The number of aromatic nitrogens is 1. The summed E-state index contributed by atoms with van der Waals surface area (Å²) in [5, 5.41) is 0. The molecule has 3 heteroatoms. The zero-order valence-electron chi connectivity index (χ0n) is 11.0. The fourth-order valence-electron chi connectivity index (χ4n) is 3.60. The summed E-state index contributed by atoms with van der Waals surface area (Å²) in [6.07, 6.45) is 4.88. The summed E-state index contributed by atoms with van der Waals surface area (Å²) in [6, 6.07) is 5.30. The Hall–Kier alpha value is -1.09. The predicted octanol–water partition coefficient (Wildman–Crippen LogP) is 1.92. The maximum atomic E-state index is 4.57. The fraction of sp³-hybridized carbons (Fsp3) is 0.667. The molecule has 3 aliphatic rings. The largest absolute Gasteiger partial charge is 0.356 e. The molecule has 96 valence electrons. The van der Waals surface area contributed by atoms with E-state index in [1.54, 1.807) is 0 Å². The summed E-state index contributed by atoms with van der Waals surface area (Å²) in [5.74, 6) is 2.94. The second-order valence-corrected chi connectivity index (χ2v) is 6.30. The van der Waals surface area contributed by atoms with Crippen LogP contribution in [0.25, 0.3) is 0 Å². The number of hydrogen-bond donors (Lipinski definition) is 0. The molecule has 3 fully saturated rings. The summed E-state index contributed by atoms with van der Waals surface area (Å²) >= 11 is 0. The van der Waals surface area contributed by atoms with Gasteiger partial charge in [-0.15, -0.1) is 0 Å². The van der Waals surface area contributed by atoms with Crippen molar-refractivity contribution in [2.45, 2.75) is 25.8 Å². The highest BCUT2D eigenvalue weighted by atomic mass is 15.3. The van der Waals surface area contributed by atoms with Gasteiger partial charge in [0.2, 0.25) is 0 Å². The van der Waals surface area contributed by atoms with Gasteiger partial charge in [-0.1, -0.05) is 6.07 Å². The van der Waals surface area contributed by atoms with Crippen LogP contribution in [0.3, 0.4) is 0 Å². The Morgan fingerprint density at radius 2 is 1.78 bits per heavy atom. The van der Waals surface area contributed by atoms with Crippen LogP contribution < -0.4 is 4.90 Å². The minimum atomic E-state index is 0.883. The molecule has 0 spiro atoms. The lowest BCUT2D eigenvalue weighted by Gasteiger charge is -2.22. The van der Waals surface area contributed by atoms with Crippen LogP contribution in [0.15, 0.2) is 18.3 Å². The van der Waals surface area contributed by atoms with Crippen molar-refractivity contribution in [2.75, 3.05) is 31.1 Å². The molecule has 1 aromatic heterocycles. The molecule has 1 aliphatic carbocycles. The van der Waals surface area contributed by atoms with E-state index in [9.17, 15) is 0 Å². The van der Waals surface area contributed by atoms with Gasteiger partial charge < -0.3 is 4.90 Å². The van der Waals surface area contributed by atoms with Gasteiger partial charge in [0.1, 0.15) is 5.82 Å². The van der Waals surface area contributed by atoms with Crippen LogP contribution in [-0.4, -0.2) is 42.1 Å². The molecule has 0 amide bonds. The van der Waals surface area contributed by atoms with Gasteiger partial charge in [0.05, 0.1) is 0 Å². The van der Waals surface area contributed by atoms with Gasteiger partial charge in [-0.2, -0.15) is 0 Å². The Balaban J connectivity index is 1.44. The molecule has 0 aromatic carbocycles. The van der Waals surface area contributed by atoms with Crippen molar-refractivity contribution in [1.82, 2.24) is 9.88 Å². The summed E-state index contributed by atoms with van der Waals surface area (Å²) in [6.45, 7) is 7.19. The zero-order chi connectivity index (χ0) is 12.1. The molecular weight excluding hydrogens is 222 g/mol. The van der Waals surface area contributed by atoms with Crippen LogP contribution in [0.1, 0.15) is 18.4 Å². The highest BCUT2D eigenvalue weighted by molar-refractivity contribution is 5.41. The van der Waals surface area contributed by atoms with E-state index in [2.05, 4.69) is 33.8 Å². The van der Waals surface area contributed by atoms with E-state index in [1.807, 2.05) is 6.20 Å². The van der Waals surface area contributed by atoms with Crippen LogP contribution in [0.2, 0.25) is 0 Å². The number of hydrogen-bond acceptors (Lipinski definition) is 3. The fourth-order valence-corrected chi connectivity index (χ4v) is 3.60. The van der Waals surface area contributed by atoms with Crippen molar-refractivity contribution in [3.63, 3.8) is 0 Å². The molecule has 2 saturated heterocycles. The molecule has 1 aromatic rings. The number of fused-ring (bicyclic) bond motifs is 1. The highest BCUT2D eigenvalue weighted by Gasteiger charge is 2.44. The van der Waals surface area contributed by atoms with Crippen LogP contribution in [0, 0.1) is 18.8 Å². The first-order chi connectivity index (χ1) is 8.79. The van der Waals surface area contributed by atoms with Gasteiger partial charge in [0.25, 0.3) is 0 Å². The number of likely N-dealkylation sites (tertiary alicyclic amines) is 1. The molecule has 2 atom stereocenters. The van der Waals surface area contributed by atoms with Crippen molar-refractivity contribution in [1.29, 1.82) is 0 Å². The normalized spacial score (nSPS) is 31.9. The summed E-state index contributed by atoms with van der Waals surface area (Å²) < 4.78 is 0. The molecule has 3 nitrogen and oxygen atoms in total. The SMILES string of the molecule is Cc1ccc(N2CC3CN(C4CC4)CC3C2)nc1. The number of rotatable bonds is 2. The summed E-state index contributed by atoms with van der Waals surface area (Å²) in [4.78, 5) is 9.78. The molecule has 4 rings (SSSR count). The molecule has 1 saturated carbocycles. The number of nitrogens with zero attached hydrogens (tertiary/aromatic N) is 3. The third-order valence-electron chi connectivity index (χ3n) is 4.80. The quantitative estimate of drug-likeness (QED) is 0.791. The molecule has 0 bridgehead atoms. The first kappa shape index (κ1) is 10.8. The summed E-state index contributed by atoms with van der Waals surface area (Å²) in [7, 11) is 0. The third kappa shape index (κ3) is 1.81. The third-order valence-corrected chi connectivity index (χ3v) is 4.80. The lowest BCUT2D eigenvalue weighted by Crippen LogP contribution is -2.30. The lowest BCUT2D eigenvalue weighted by atomic mass is 10.0. The van der Waals surface area contributed by atoms with Gasteiger partial charge in [-0.05, 0) is 43.2 Å². The molecule has 0 radical (unpaired) electrons. The van der Waals surface area contributed by atoms with Crippen molar-refractivity contribution in [3.05, 3.63) is 23.9 Å². The second kappa shape index (κ2) is 3.95. The molecule has 3 heterocycles. The van der Waals surface area contributed by atoms with Crippen LogP contribution >= 0.6 is 0 Å². The van der Waals surface area contributed by atoms with Gasteiger partial charge in [0, 0.05) is 38.4 Å². The molecule has 18 heavy (non-hydrogen) atoms. The van der Waals surface area contributed by atoms with Gasteiger partial charge in [0.15, 0.2) is 0 Å². The van der Waals surface area contributed by atoms with Crippen molar-refractivity contribution < 1.29 is 0 Å². The summed E-state index contributed by atoms with van der Waals surface area (Å²) in [5.41, 5.74) is 1.25. The number of aryl methyl sites for hydroxylation is 1. The monoisotopic (exact) mass is 243 g/mol. The minimum Gasteiger partial charge on any atom is -0.356 e. The van der Waals surface area contributed by atoms with E-state index in [1.165, 1.54) is 50.4 Å². The van der Waals surface area contributed by atoms with E-state index < -0.39 is 0 Å². The molecule has 2 unspecified atom stereocenters. The van der Waals surface area contributed by atoms with E-state index in [0.29, 0.717) is 0 Å². The Kier molecular flexibility index (Phi) is 2.37. The Morgan fingerprint density at radius 1 is 1.06 bits per heavy atom. The average Bonchev–Trinajstić information content (AvgIpc) is 3.02. The molecule has 2 aliphatic heterocycles. The maximum Gasteiger partial charge on any atom is 0.128 e. The highest BCUT2D eigenvalue weighted by Crippen LogP contribution is 2.38. The van der Waals surface area contributed by atoms with Crippen molar-refractivity contribution >= 4 is 5.82 Å². The average molecular weight is 243 g/mol. The first-order valence-electron chi connectivity index (χ1n) is 7.21. The van der Waals surface area contributed by atoms with Crippen molar-refractivity contribution in [3.8, 4) is 0 Å². The van der Waals surface area contributed by atoms with E-state index in [0.717, 1.165) is 17.9 Å². The second-order valence-electron chi connectivity index (χ2n) is 6.30. The van der Waals surface area contributed by atoms with Crippen LogP contribution in [0.5, 0.6) is 0 Å². The van der Waals surface area contributed by atoms with Crippen molar-refractivity contribution in [2.24, 2.45) is 11.8 Å². The Bertz CT molecular complexity index is 424. The maximum absolute atomic E-state index is 4.57. The van der Waals surface area contributed by atoms with Gasteiger partial charge in [-0.3, -0.25) is 4.90 Å². The van der Waals surface area contributed by atoms with Gasteiger partial charge >= 0.3 is 0 Å². The number of anilines is 1. The van der Waals surface area contributed by atoms with Crippen LogP contribution in [-0.2, 0) is 0 Å². The van der Waals surface area contributed by atoms with E-state index in [4.69, 9.17) is 0 Å². The number of pyridine rings is 1. The minimum absolute atomic E-state index is 0.883. The zero-order valence-corrected chi connectivity index (χ0v) is 11.0. The molecular formula is C15H21N3. The lowest BCUT2D eigenvalue weighted by molar-refractivity contribution is 0.306. The predicted molar refractivity (Wildman–Crippen MR) is 72.8 cm³/mol. The van der Waals surface area contributed by atoms with E-state index >= 15 is 0 Å². The van der Waals surface area contributed by atoms with Gasteiger partial charge in [-0.25, -0.2) is 4.98 Å². The topological polar surface area (TPSA) is 19.4 Å². The van der Waals surface area contributed by atoms with Crippen LogP contribution in [0.4, 0.5) is 5.82 Å². The first-order valence-corrected chi connectivity index (χ1v) is 7.21. The Morgan fingerprint density at radius 3 is 2.33 bits per heavy atom. The van der Waals surface area contributed by atoms with E-state index in [-0.39, 0.29) is 0 Å². The molecule has 0 N–H and O–H groups in total.